The predicted octanol–water partition coefficient (Wildman–Crippen LogP) is 3.58. The SMILES string of the molecule is COc1cccc(-c2cc(COC(=O)C3CCCC3)no2)c1. The van der Waals surface area contributed by atoms with Gasteiger partial charge in [-0.3, -0.25) is 4.79 Å². The highest BCUT2D eigenvalue weighted by Gasteiger charge is 2.24. The number of methoxy groups -OCH3 is 1. The van der Waals surface area contributed by atoms with Crippen LogP contribution in [0.15, 0.2) is 34.9 Å². The van der Waals surface area contributed by atoms with Gasteiger partial charge in [0.2, 0.25) is 0 Å². The van der Waals surface area contributed by atoms with Crippen molar-refractivity contribution >= 4 is 5.97 Å². The first-order valence-electron chi connectivity index (χ1n) is 7.53. The summed E-state index contributed by atoms with van der Waals surface area (Å²) in [4.78, 5) is 11.9. The summed E-state index contributed by atoms with van der Waals surface area (Å²) in [5.74, 6) is 1.32. The molecule has 0 N–H and O–H groups in total. The molecule has 0 aliphatic heterocycles. The average molecular weight is 301 g/mol. The van der Waals surface area contributed by atoms with E-state index in [-0.39, 0.29) is 18.5 Å². The summed E-state index contributed by atoms with van der Waals surface area (Å²) < 4.78 is 15.8. The second-order valence-corrected chi connectivity index (χ2v) is 5.50. The fourth-order valence-corrected chi connectivity index (χ4v) is 2.72. The Hall–Kier alpha value is -2.30. The molecule has 0 bridgehead atoms. The molecule has 0 spiro atoms. The van der Waals surface area contributed by atoms with Crippen LogP contribution in [-0.4, -0.2) is 18.2 Å². The molecule has 0 atom stereocenters. The summed E-state index contributed by atoms with van der Waals surface area (Å²) in [7, 11) is 1.62. The topological polar surface area (TPSA) is 61.6 Å². The van der Waals surface area contributed by atoms with Crippen molar-refractivity contribution in [3.8, 4) is 17.1 Å². The molecule has 0 saturated heterocycles. The molecule has 5 heteroatoms. The van der Waals surface area contributed by atoms with E-state index in [0.29, 0.717) is 11.5 Å². The standard InChI is InChI=1S/C17H19NO4/c1-20-15-8-4-7-13(9-15)16-10-14(18-22-16)11-21-17(19)12-5-2-3-6-12/h4,7-10,12H,2-3,5-6,11H2,1H3. The van der Waals surface area contributed by atoms with Gasteiger partial charge in [0, 0.05) is 11.6 Å². The molecule has 1 aliphatic rings. The number of ether oxygens (including phenoxy) is 2. The third-order valence-electron chi connectivity index (χ3n) is 3.96. The van der Waals surface area contributed by atoms with Crippen LogP contribution in [0.3, 0.4) is 0 Å². The zero-order chi connectivity index (χ0) is 15.4. The van der Waals surface area contributed by atoms with E-state index in [2.05, 4.69) is 5.16 Å². The fraction of sp³-hybridized carbons (Fsp3) is 0.412. The van der Waals surface area contributed by atoms with Gasteiger partial charge in [-0.25, -0.2) is 0 Å². The number of benzene rings is 1. The Morgan fingerprint density at radius 1 is 1.32 bits per heavy atom. The molecule has 116 valence electrons. The molecule has 3 rings (SSSR count). The number of carbonyl (C=O) groups excluding carboxylic acids is 1. The maximum Gasteiger partial charge on any atom is 0.309 e. The number of aromatic nitrogens is 1. The zero-order valence-corrected chi connectivity index (χ0v) is 12.6. The van der Waals surface area contributed by atoms with Crippen LogP contribution in [0.4, 0.5) is 0 Å². The highest BCUT2D eigenvalue weighted by molar-refractivity contribution is 5.72. The van der Waals surface area contributed by atoms with Gasteiger partial charge < -0.3 is 14.0 Å². The van der Waals surface area contributed by atoms with Gasteiger partial charge in [-0.1, -0.05) is 30.1 Å². The largest absolute Gasteiger partial charge is 0.497 e. The fourth-order valence-electron chi connectivity index (χ4n) is 2.72. The van der Waals surface area contributed by atoms with Crippen molar-refractivity contribution in [2.24, 2.45) is 5.92 Å². The van der Waals surface area contributed by atoms with Crippen molar-refractivity contribution < 1.29 is 18.8 Å². The molecule has 1 aromatic heterocycles. The molecule has 2 aromatic rings. The van der Waals surface area contributed by atoms with E-state index in [1.807, 2.05) is 24.3 Å². The third kappa shape index (κ3) is 3.30. The molecule has 0 amide bonds. The van der Waals surface area contributed by atoms with Crippen molar-refractivity contribution in [3.05, 3.63) is 36.0 Å². The molecule has 0 radical (unpaired) electrons. The first-order valence-corrected chi connectivity index (χ1v) is 7.53. The first kappa shape index (κ1) is 14.6. The van der Waals surface area contributed by atoms with Gasteiger partial charge in [-0.15, -0.1) is 0 Å². The Morgan fingerprint density at radius 2 is 2.14 bits per heavy atom. The van der Waals surface area contributed by atoms with E-state index in [1.54, 1.807) is 13.2 Å². The first-order chi connectivity index (χ1) is 10.8. The second kappa shape index (κ2) is 6.64. The lowest BCUT2D eigenvalue weighted by atomic mass is 10.1. The Morgan fingerprint density at radius 3 is 2.91 bits per heavy atom. The summed E-state index contributed by atoms with van der Waals surface area (Å²) >= 11 is 0. The van der Waals surface area contributed by atoms with Gasteiger partial charge in [-0.05, 0) is 25.0 Å². The van der Waals surface area contributed by atoms with Crippen molar-refractivity contribution in [2.75, 3.05) is 7.11 Å². The summed E-state index contributed by atoms with van der Waals surface area (Å²) in [5, 5.41) is 3.95. The molecule has 1 fully saturated rings. The summed E-state index contributed by atoms with van der Waals surface area (Å²) in [5.41, 5.74) is 1.49. The van der Waals surface area contributed by atoms with Crippen LogP contribution in [0.1, 0.15) is 31.4 Å². The van der Waals surface area contributed by atoms with Crippen LogP contribution in [0.25, 0.3) is 11.3 Å². The Labute approximate surface area is 129 Å². The molecule has 22 heavy (non-hydrogen) atoms. The second-order valence-electron chi connectivity index (χ2n) is 5.50. The van der Waals surface area contributed by atoms with E-state index in [1.165, 1.54) is 0 Å². The van der Waals surface area contributed by atoms with Gasteiger partial charge in [-0.2, -0.15) is 0 Å². The monoisotopic (exact) mass is 301 g/mol. The lowest BCUT2D eigenvalue weighted by molar-refractivity contribution is -0.149. The summed E-state index contributed by atoms with van der Waals surface area (Å²) in [6.07, 6.45) is 4.10. The van der Waals surface area contributed by atoms with Gasteiger partial charge >= 0.3 is 5.97 Å². The van der Waals surface area contributed by atoms with Gasteiger partial charge in [0.15, 0.2) is 5.76 Å². The van der Waals surface area contributed by atoms with E-state index >= 15 is 0 Å². The Balaban J connectivity index is 1.62. The van der Waals surface area contributed by atoms with Crippen molar-refractivity contribution in [2.45, 2.75) is 32.3 Å². The van der Waals surface area contributed by atoms with Crippen LogP contribution < -0.4 is 4.74 Å². The number of hydrogen-bond donors (Lipinski definition) is 0. The number of rotatable bonds is 5. The molecular formula is C17H19NO4. The van der Waals surface area contributed by atoms with Crippen molar-refractivity contribution in [1.82, 2.24) is 5.16 Å². The van der Waals surface area contributed by atoms with Crippen LogP contribution in [0.2, 0.25) is 0 Å². The lowest BCUT2D eigenvalue weighted by Crippen LogP contribution is -2.14. The zero-order valence-electron chi connectivity index (χ0n) is 12.6. The molecular weight excluding hydrogens is 282 g/mol. The number of hydrogen-bond acceptors (Lipinski definition) is 5. The molecule has 5 nitrogen and oxygen atoms in total. The predicted molar refractivity (Wildman–Crippen MR) is 80.2 cm³/mol. The lowest BCUT2D eigenvalue weighted by Gasteiger charge is -2.07. The molecule has 0 unspecified atom stereocenters. The highest BCUT2D eigenvalue weighted by atomic mass is 16.5. The minimum absolute atomic E-state index is 0.0600. The number of carbonyl (C=O) groups is 1. The summed E-state index contributed by atoms with van der Waals surface area (Å²) in [6, 6.07) is 9.32. The van der Waals surface area contributed by atoms with Crippen LogP contribution in [0, 0.1) is 5.92 Å². The van der Waals surface area contributed by atoms with E-state index in [9.17, 15) is 4.79 Å². The summed E-state index contributed by atoms with van der Waals surface area (Å²) in [6.45, 7) is 0.156. The molecule has 1 aliphatic carbocycles. The van der Waals surface area contributed by atoms with Crippen LogP contribution >= 0.6 is 0 Å². The smallest absolute Gasteiger partial charge is 0.309 e. The molecule has 1 aromatic carbocycles. The number of esters is 1. The van der Waals surface area contributed by atoms with Gasteiger partial charge in [0.1, 0.15) is 18.1 Å². The molecule has 1 heterocycles. The van der Waals surface area contributed by atoms with Gasteiger partial charge in [0.05, 0.1) is 13.0 Å². The van der Waals surface area contributed by atoms with E-state index in [0.717, 1.165) is 37.0 Å². The average Bonchev–Trinajstić information content (AvgIpc) is 3.24. The number of nitrogens with zero attached hydrogens (tertiary/aromatic N) is 1. The Kier molecular flexibility index (Phi) is 4.42. The minimum atomic E-state index is -0.122. The van der Waals surface area contributed by atoms with Crippen molar-refractivity contribution in [3.63, 3.8) is 0 Å². The normalized spacial score (nSPS) is 15.0. The van der Waals surface area contributed by atoms with E-state index in [4.69, 9.17) is 14.0 Å². The van der Waals surface area contributed by atoms with Crippen LogP contribution in [0.5, 0.6) is 5.75 Å². The third-order valence-corrected chi connectivity index (χ3v) is 3.96. The van der Waals surface area contributed by atoms with E-state index < -0.39 is 0 Å². The molecule has 1 saturated carbocycles. The Bertz CT molecular complexity index is 644. The van der Waals surface area contributed by atoms with Crippen LogP contribution in [-0.2, 0) is 16.1 Å². The minimum Gasteiger partial charge on any atom is -0.497 e. The van der Waals surface area contributed by atoms with Crippen molar-refractivity contribution in [1.29, 1.82) is 0 Å². The highest BCUT2D eigenvalue weighted by Crippen LogP contribution is 2.27. The quantitative estimate of drug-likeness (QED) is 0.790. The van der Waals surface area contributed by atoms with Gasteiger partial charge in [0.25, 0.3) is 0 Å². The maximum absolute atomic E-state index is 11.9. The maximum atomic E-state index is 11.9.